The molecule has 1 amide bonds. The molecule has 4 nitrogen and oxygen atoms in total. The number of nitrogens with one attached hydrogen (secondary N) is 2. The molecule has 2 N–H and O–H groups in total. The van der Waals surface area contributed by atoms with Crippen LogP contribution in [0.3, 0.4) is 0 Å². The van der Waals surface area contributed by atoms with Gasteiger partial charge in [-0.05, 0) is 57.1 Å². The minimum absolute atomic E-state index is 0.0966. The summed E-state index contributed by atoms with van der Waals surface area (Å²) in [6.07, 6.45) is 4.46. The van der Waals surface area contributed by atoms with Gasteiger partial charge in [0.2, 0.25) is 0 Å². The van der Waals surface area contributed by atoms with E-state index < -0.39 is 0 Å². The maximum atomic E-state index is 11.8. The maximum Gasteiger partial charge on any atom is 0.259 e. The molecule has 0 spiro atoms. The predicted molar refractivity (Wildman–Crippen MR) is 87.6 cm³/mol. The van der Waals surface area contributed by atoms with Crippen molar-refractivity contribution in [3.05, 3.63) is 29.3 Å². The zero-order chi connectivity index (χ0) is 15.2. The molecule has 1 aliphatic rings. The van der Waals surface area contributed by atoms with Gasteiger partial charge in [-0.3, -0.25) is 4.79 Å². The highest BCUT2D eigenvalue weighted by molar-refractivity contribution is 5.88. The molecule has 1 aromatic rings. The van der Waals surface area contributed by atoms with Gasteiger partial charge in [0.1, 0.15) is 0 Å². The molecule has 0 bridgehead atoms. The summed E-state index contributed by atoms with van der Waals surface area (Å²) in [7, 11) is 0. The first-order valence-electron chi connectivity index (χ1n) is 7.70. The first-order chi connectivity index (χ1) is 10.0. The lowest BCUT2D eigenvalue weighted by Crippen LogP contribution is -2.28. The Kier molecular flexibility index (Phi) is 5.37. The van der Waals surface area contributed by atoms with Crippen LogP contribution in [0.4, 0.5) is 5.69 Å². The van der Waals surface area contributed by atoms with Crippen molar-refractivity contribution < 1.29 is 4.79 Å². The lowest BCUT2D eigenvalue weighted by molar-refractivity contribution is -0.119. The molecule has 0 heterocycles. The fourth-order valence-electron chi connectivity index (χ4n) is 2.73. The van der Waals surface area contributed by atoms with Crippen molar-refractivity contribution in [2.24, 2.45) is 11.0 Å². The second-order valence-electron chi connectivity index (χ2n) is 6.09. The molecule has 2 rings (SSSR count). The predicted octanol–water partition coefficient (Wildman–Crippen LogP) is 3.40. The lowest BCUT2D eigenvalue weighted by Gasteiger charge is -2.19. The van der Waals surface area contributed by atoms with E-state index in [4.69, 9.17) is 0 Å². The summed E-state index contributed by atoms with van der Waals surface area (Å²) >= 11 is 0. The van der Waals surface area contributed by atoms with Gasteiger partial charge in [0.05, 0.1) is 6.54 Å². The summed E-state index contributed by atoms with van der Waals surface area (Å²) in [5.41, 5.74) is 7.15. The van der Waals surface area contributed by atoms with Crippen molar-refractivity contribution in [3.8, 4) is 0 Å². The monoisotopic (exact) mass is 287 g/mol. The van der Waals surface area contributed by atoms with Gasteiger partial charge in [-0.1, -0.05) is 24.6 Å². The number of hydrogen-bond acceptors (Lipinski definition) is 3. The fourth-order valence-corrected chi connectivity index (χ4v) is 2.73. The molecule has 0 saturated heterocycles. The second kappa shape index (κ2) is 7.25. The number of rotatable bonds is 4. The van der Waals surface area contributed by atoms with Crippen molar-refractivity contribution in [1.82, 2.24) is 5.43 Å². The molecular weight excluding hydrogens is 262 g/mol. The first-order valence-corrected chi connectivity index (χ1v) is 7.70. The Balaban J connectivity index is 1.80. The zero-order valence-electron chi connectivity index (χ0n) is 13.2. The summed E-state index contributed by atoms with van der Waals surface area (Å²) in [6.45, 7) is 6.58. The van der Waals surface area contributed by atoms with Crippen LogP contribution in [-0.4, -0.2) is 18.2 Å². The van der Waals surface area contributed by atoms with E-state index in [1.165, 1.54) is 18.4 Å². The number of carbonyl (C=O) groups excluding carboxylic acids is 1. The Bertz CT molecular complexity index is 537. The summed E-state index contributed by atoms with van der Waals surface area (Å²) in [5.74, 6) is 0.587. The van der Waals surface area contributed by atoms with Crippen molar-refractivity contribution in [2.45, 2.75) is 46.5 Å². The standard InChI is InChI=1S/C17H25N3O/c1-12-5-4-6-15(10-12)19-20-17(21)11-18-16-8-7-13(2)9-14(16)3/h7-9,12,18H,4-6,10-11H2,1-3H3,(H,20,21)/b19-15-/t12-/m0/s1. The average molecular weight is 287 g/mol. The summed E-state index contributed by atoms with van der Waals surface area (Å²) in [4.78, 5) is 11.8. The average Bonchev–Trinajstić information content (AvgIpc) is 2.44. The Morgan fingerprint density at radius 2 is 2.19 bits per heavy atom. The molecule has 1 atom stereocenters. The molecule has 1 aliphatic carbocycles. The van der Waals surface area contributed by atoms with Gasteiger partial charge in [-0.25, -0.2) is 5.43 Å². The highest BCUT2D eigenvalue weighted by atomic mass is 16.2. The number of benzene rings is 1. The topological polar surface area (TPSA) is 53.5 Å². The third-order valence-electron chi connectivity index (χ3n) is 3.91. The fraction of sp³-hybridized carbons (Fsp3) is 0.529. The molecule has 0 aromatic heterocycles. The minimum atomic E-state index is -0.0966. The van der Waals surface area contributed by atoms with Crippen LogP contribution in [0.2, 0.25) is 0 Å². The van der Waals surface area contributed by atoms with Crippen LogP contribution in [0.25, 0.3) is 0 Å². The van der Waals surface area contributed by atoms with Gasteiger partial charge >= 0.3 is 0 Å². The number of hydrogen-bond donors (Lipinski definition) is 2. The quantitative estimate of drug-likeness (QED) is 0.834. The van der Waals surface area contributed by atoms with E-state index in [0.29, 0.717) is 5.92 Å². The highest BCUT2D eigenvalue weighted by Crippen LogP contribution is 2.21. The van der Waals surface area contributed by atoms with Crippen LogP contribution in [0.5, 0.6) is 0 Å². The van der Waals surface area contributed by atoms with Crippen molar-refractivity contribution in [1.29, 1.82) is 0 Å². The molecular formula is C17H25N3O. The van der Waals surface area contributed by atoms with Gasteiger partial charge in [0.25, 0.3) is 5.91 Å². The van der Waals surface area contributed by atoms with Crippen LogP contribution in [-0.2, 0) is 4.79 Å². The molecule has 0 radical (unpaired) electrons. The number of hydrazone groups is 1. The second-order valence-corrected chi connectivity index (χ2v) is 6.09. The molecule has 1 fully saturated rings. The first kappa shape index (κ1) is 15.5. The van der Waals surface area contributed by atoms with E-state index in [1.54, 1.807) is 0 Å². The van der Waals surface area contributed by atoms with Crippen LogP contribution in [0.1, 0.15) is 43.7 Å². The van der Waals surface area contributed by atoms with Gasteiger partial charge in [-0.15, -0.1) is 0 Å². The Morgan fingerprint density at radius 1 is 1.38 bits per heavy atom. The molecule has 114 valence electrons. The normalized spacial score (nSPS) is 20.3. The van der Waals surface area contributed by atoms with Gasteiger partial charge < -0.3 is 5.32 Å². The molecule has 1 aromatic carbocycles. The van der Waals surface area contributed by atoms with E-state index in [9.17, 15) is 4.79 Å². The molecule has 21 heavy (non-hydrogen) atoms. The Morgan fingerprint density at radius 3 is 2.90 bits per heavy atom. The van der Waals surface area contributed by atoms with Crippen molar-refractivity contribution in [3.63, 3.8) is 0 Å². The van der Waals surface area contributed by atoms with E-state index in [1.807, 2.05) is 19.1 Å². The molecule has 0 aliphatic heterocycles. The summed E-state index contributed by atoms with van der Waals surface area (Å²) < 4.78 is 0. The maximum absolute atomic E-state index is 11.8. The number of amides is 1. The van der Waals surface area contributed by atoms with Crippen LogP contribution in [0, 0.1) is 19.8 Å². The molecule has 1 saturated carbocycles. The number of aryl methyl sites for hydroxylation is 2. The lowest BCUT2D eigenvalue weighted by atomic mass is 9.89. The zero-order valence-corrected chi connectivity index (χ0v) is 13.2. The third-order valence-corrected chi connectivity index (χ3v) is 3.91. The van der Waals surface area contributed by atoms with Gasteiger partial charge in [0, 0.05) is 11.4 Å². The highest BCUT2D eigenvalue weighted by Gasteiger charge is 2.14. The SMILES string of the molecule is Cc1ccc(NCC(=O)N/N=C2/CCC[C@H](C)C2)c(C)c1. The van der Waals surface area contributed by atoms with E-state index in [-0.39, 0.29) is 12.5 Å². The summed E-state index contributed by atoms with van der Waals surface area (Å²) in [5, 5.41) is 7.41. The van der Waals surface area contributed by atoms with E-state index >= 15 is 0 Å². The summed E-state index contributed by atoms with van der Waals surface area (Å²) in [6, 6.07) is 6.15. The smallest absolute Gasteiger partial charge is 0.259 e. The molecule has 4 heteroatoms. The Labute approximate surface area is 127 Å². The van der Waals surface area contributed by atoms with E-state index in [2.05, 4.69) is 35.8 Å². The van der Waals surface area contributed by atoms with Crippen molar-refractivity contribution >= 4 is 17.3 Å². The number of nitrogens with zero attached hydrogens (tertiary/aromatic N) is 1. The number of carbonyl (C=O) groups is 1. The van der Waals surface area contributed by atoms with Crippen LogP contribution < -0.4 is 10.7 Å². The van der Waals surface area contributed by atoms with Gasteiger partial charge in [-0.2, -0.15) is 5.10 Å². The minimum Gasteiger partial charge on any atom is -0.376 e. The largest absolute Gasteiger partial charge is 0.376 e. The number of anilines is 1. The van der Waals surface area contributed by atoms with Crippen LogP contribution in [0.15, 0.2) is 23.3 Å². The van der Waals surface area contributed by atoms with Gasteiger partial charge in [0.15, 0.2) is 0 Å². The van der Waals surface area contributed by atoms with Crippen LogP contribution >= 0.6 is 0 Å². The van der Waals surface area contributed by atoms with Crippen molar-refractivity contribution in [2.75, 3.05) is 11.9 Å². The Hall–Kier alpha value is -1.84. The molecule has 0 unspecified atom stereocenters. The third kappa shape index (κ3) is 4.88. The van der Waals surface area contributed by atoms with E-state index in [0.717, 1.165) is 29.8 Å².